The second-order valence-electron chi connectivity index (χ2n) is 5.40. The summed E-state index contributed by atoms with van der Waals surface area (Å²) in [5.41, 5.74) is 6.11. The van der Waals surface area contributed by atoms with Crippen LogP contribution in [-0.2, 0) is 0 Å². The molecular weight excluding hydrogens is 275 g/mol. The number of hydrogen-bond donors (Lipinski definition) is 0. The van der Waals surface area contributed by atoms with Crippen molar-refractivity contribution in [2.45, 2.75) is 27.2 Å². The Morgan fingerprint density at radius 2 is 1.91 bits per heavy atom. The maximum Gasteiger partial charge on any atom is 0.185 e. The van der Waals surface area contributed by atoms with Crippen LogP contribution in [0.2, 0.25) is 0 Å². The highest BCUT2D eigenvalue weighted by Gasteiger charge is 2.07. The molecular formula is C22H26B. The minimum absolute atomic E-state index is 0.844. The Balaban J connectivity index is 2.86. The Labute approximate surface area is 142 Å². The largest absolute Gasteiger partial charge is 0.185 e. The fourth-order valence-corrected chi connectivity index (χ4v) is 2.36. The van der Waals surface area contributed by atoms with Gasteiger partial charge in [0.1, 0.15) is 0 Å². The first-order valence-electron chi connectivity index (χ1n) is 7.98. The van der Waals surface area contributed by atoms with Gasteiger partial charge in [-0.15, -0.1) is 12.1 Å². The Morgan fingerprint density at radius 1 is 1.17 bits per heavy atom. The average Bonchev–Trinajstić information content (AvgIpc) is 2.55. The van der Waals surface area contributed by atoms with Crippen LogP contribution in [0.25, 0.3) is 5.57 Å². The van der Waals surface area contributed by atoms with Crippen molar-refractivity contribution >= 4 is 12.9 Å². The van der Waals surface area contributed by atoms with Gasteiger partial charge in [-0.3, -0.25) is 0 Å². The first kappa shape index (κ1) is 18.8. The van der Waals surface area contributed by atoms with Crippen molar-refractivity contribution in [3.8, 4) is 0 Å². The Kier molecular flexibility index (Phi) is 8.53. The molecule has 23 heavy (non-hydrogen) atoms. The predicted molar refractivity (Wildman–Crippen MR) is 107 cm³/mol. The van der Waals surface area contributed by atoms with E-state index in [2.05, 4.69) is 70.7 Å². The normalized spacial score (nSPS) is 12.8. The first-order chi connectivity index (χ1) is 11.1. The molecule has 0 atom stereocenters. The average molecular weight is 301 g/mol. The number of rotatable bonds is 8. The van der Waals surface area contributed by atoms with E-state index in [9.17, 15) is 0 Å². The molecule has 0 heterocycles. The fraction of sp³-hybridized carbons (Fsp3) is 0.182. The number of aryl methyl sites for hydroxylation is 1. The standard InChI is InChI=1S/C22H26B/c1-6-9-14-21(15-10-7-2)23-19(5)17-20(8-3)22-16-12-11-13-18(22)4/h6-16H,1,5,17H2,2-4H3/b10-7-,14-9-,20-8-,21-15+. The van der Waals surface area contributed by atoms with Crippen LogP contribution in [0, 0.1) is 6.92 Å². The molecule has 0 saturated heterocycles. The zero-order valence-corrected chi connectivity index (χ0v) is 14.5. The highest BCUT2D eigenvalue weighted by molar-refractivity contribution is 6.55. The van der Waals surface area contributed by atoms with Crippen molar-refractivity contribution < 1.29 is 0 Å². The van der Waals surface area contributed by atoms with Gasteiger partial charge < -0.3 is 0 Å². The summed E-state index contributed by atoms with van der Waals surface area (Å²) >= 11 is 0. The lowest BCUT2D eigenvalue weighted by Gasteiger charge is -2.12. The third-order valence-electron chi connectivity index (χ3n) is 3.53. The summed E-state index contributed by atoms with van der Waals surface area (Å²) in [4.78, 5) is 0. The molecule has 0 aliphatic carbocycles. The van der Waals surface area contributed by atoms with Gasteiger partial charge in [0.05, 0.1) is 0 Å². The van der Waals surface area contributed by atoms with Crippen LogP contribution in [-0.4, -0.2) is 7.28 Å². The number of hydrogen-bond acceptors (Lipinski definition) is 0. The summed E-state index contributed by atoms with van der Waals surface area (Å²) in [5, 5.41) is 0. The summed E-state index contributed by atoms with van der Waals surface area (Å²) in [6.45, 7) is 14.2. The second-order valence-corrected chi connectivity index (χ2v) is 5.40. The maximum absolute atomic E-state index is 4.23. The predicted octanol–water partition coefficient (Wildman–Crippen LogP) is 6.21. The van der Waals surface area contributed by atoms with Gasteiger partial charge in [-0.2, -0.15) is 0 Å². The van der Waals surface area contributed by atoms with Crippen molar-refractivity contribution in [3.05, 3.63) is 102 Å². The lowest BCUT2D eigenvalue weighted by molar-refractivity contribution is 1.31. The van der Waals surface area contributed by atoms with E-state index in [0.29, 0.717) is 0 Å². The van der Waals surface area contributed by atoms with Crippen molar-refractivity contribution in [2.24, 2.45) is 0 Å². The van der Waals surface area contributed by atoms with E-state index >= 15 is 0 Å². The summed E-state index contributed by atoms with van der Waals surface area (Å²) in [6, 6.07) is 8.48. The van der Waals surface area contributed by atoms with Crippen LogP contribution in [0.15, 0.2) is 90.9 Å². The van der Waals surface area contributed by atoms with E-state index in [4.69, 9.17) is 0 Å². The lowest BCUT2D eigenvalue weighted by atomic mass is 9.61. The molecule has 0 amide bonds. The van der Waals surface area contributed by atoms with Crippen molar-refractivity contribution in [2.75, 3.05) is 0 Å². The molecule has 0 fully saturated rings. The van der Waals surface area contributed by atoms with Crippen molar-refractivity contribution in [1.29, 1.82) is 0 Å². The van der Waals surface area contributed by atoms with E-state index in [1.165, 1.54) is 16.7 Å². The van der Waals surface area contributed by atoms with Crippen molar-refractivity contribution in [1.82, 2.24) is 0 Å². The minimum Gasteiger partial charge on any atom is -0.108 e. The summed E-state index contributed by atoms with van der Waals surface area (Å²) in [5.74, 6) is 0. The molecule has 0 bridgehead atoms. The van der Waals surface area contributed by atoms with Gasteiger partial charge >= 0.3 is 0 Å². The Morgan fingerprint density at radius 3 is 2.52 bits per heavy atom. The molecule has 1 radical (unpaired) electrons. The van der Waals surface area contributed by atoms with Crippen LogP contribution in [0.3, 0.4) is 0 Å². The monoisotopic (exact) mass is 301 g/mol. The summed E-state index contributed by atoms with van der Waals surface area (Å²) in [6.07, 6.45) is 14.9. The highest BCUT2D eigenvalue weighted by atomic mass is 14.1. The molecule has 0 saturated carbocycles. The highest BCUT2D eigenvalue weighted by Crippen LogP contribution is 2.25. The maximum atomic E-state index is 4.23. The van der Waals surface area contributed by atoms with Gasteiger partial charge in [0.25, 0.3) is 0 Å². The molecule has 1 rings (SSSR count). The molecule has 0 N–H and O–H groups in total. The van der Waals surface area contributed by atoms with Gasteiger partial charge in [0, 0.05) is 0 Å². The molecule has 0 spiro atoms. The molecule has 117 valence electrons. The smallest absolute Gasteiger partial charge is 0.108 e. The fourth-order valence-electron chi connectivity index (χ4n) is 2.36. The lowest BCUT2D eigenvalue weighted by Crippen LogP contribution is -2.01. The van der Waals surface area contributed by atoms with Crippen LogP contribution in [0.1, 0.15) is 31.4 Å². The SMILES string of the molecule is C=C\C=C/C([B]C(=C)C/C(=C/C)c1ccccc1C)=C\C=C/C. The Hall–Kier alpha value is -2.28. The third kappa shape index (κ3) is 6.56. The zero-order chi connectivity index (χ0) is 17.1. The number of benzene rings is 1. The van der Waals surface area contributed by atoms with Crippen LogP contribution >= 0.6 is 0 Å². The van der Waals surface area contributed by atoms with Gasteiger partial charge in [0.2, 0.25) is 0 Å². The van der Waals surface area contributed by atoms with Crippen LogP contribution in [0.5, 0.6) is 0 Å². The van der Waals surface area contributed by atoms with Gasteiger partial charge in [0.15, 0.2) is 7.28 Å². The molecule has 0 aromatic heterocycles. The Bertz CT molecular complexity index is 654. The third-order valence-corrected chi connectivity index (χ3v) is 3.53. The van der Waals surface area contributed by atoms with E-state index in [1.54, 1.807) is 6.08 Å². The summed E-state index contributed by atoms with van der Waals surface area (Å²) in [7, 11) is 2.13. The second kappa shape index (κ2) is 10.5. The molecule has 1 aromatic rings. The molecule has 0 nitrogen and oxygen atoms in total. The number of allylic oxidation sites excluding steroid dienone is 10. The summed E-state index contributed by atoms with van der Waals surface area (Å²) < 4.78 is 0. The molecule has 1 aromatic carbocycles. The van der Waals surface area contributed by atoms with Crippen LogP contribution in [0.4, 0.5) is 0 Å². The molecule has 1 heteroatoms. The zero-order valence-electron chi connectivity index (χ0n) is 14.5. The molecule has 0 aliphatic rings. The van der Waals surface area contributed by atoms with E-state index in [-0.39, 0.29) is 0 Å². The van der Waals surface area contributed by atoms with E-state index in [0.717, 1.165) is 17.4 Å². The molecule has 0 aliphatic heterocycles. The van der Waals surface area contributed by atoms with Gasteiger partial charge in [-0.1, -0.05) is 78.8 Å². The van der Waals surface area contributed by atoms with E-state index < -0.39 is 0 Å². The quantitative estimate of drug-likeness (QED) is 0.395. The van der Waals surface area contributed by atoms with Crippen molar-refractivity contribution in [3.63, 3.8) is 0 Å². The molecule has 0 unspecified atom stereocenters. The van der Waals surface area contributed by atoms with Gasteiger partial charge in [-0.25, -0.2) is 0 Å². The minimum atomic E-state index is 0.844. The first-order valence-corrected chi connectivity index (χ1v) is 7.98. The van der Waals surface area contributed by atoms with Gasteiger partial charge in [-0.05, 0) is 43.9 Å². The van der Waals surface area contributed by atoms with Crippen LogP contribution < -0.4 is 0 Å². The van der Waals surface area contributed by atoms with E-state index in [1.807, 2.05) is 31.2 Å². The topological polar surface area (TPSA) is 0 Å².